The minimum atomic E-state index is 0.454. The zero-order valence-corrected chi connectivity index (χ0v) is 20.8. The van der Waals surface area contributed by atoms with Gasteiger partial charge in [-0.15, -0.1) is 11.3 Å². The fourth-order valence-corrected chi connectivity index (χ4v) is 6.55. The summed E-state index contributed by atoms with van der Waals surface area (Å²) < 4.78 is 0. The van der Waals surface area contributed by atoms with Crippen molar-refractivity contribution >= 4 is 22.8 Å². The molecule has 5 nitrogen and oxygen atoms in total. The van der Waals surface area contributed by atoms with Gasteiger partial charge in [0.15, 0.2) is 0 Å². The molecule has 3 aromatic rings. The summed E-state index contributed by atoms with van der Waals surface area (Å²) in [5, 5.41) is 22.0. The average Bonchev–Trinajstić information content (AvgIpc) is 3.40. The molecule has 0 amide bonds. The van der Waals surface area contributed by atoms with Gasteiger partial charge in [0.25, 0.3) is 0 Å². The molecule has 1 aromatic carbocycles. The first-order valence-electron chi connectivity index (χ1n) is 12.7. The second kappa shape index (κ2) is 10.9. The van der Waals surface area contributed by atoms with Gasteiger partial charge in [-0.2, -0.15) is 10.5 Å². The van der Waals surface area contributed by atoms with Gasteiger partial charge in [-0.05, 0) is 98.0 Å². The van der Waals surface area contributed by atoms with Crippen LogP contribution in [0.3, 0.4) is 0 Å². The number of nitrogens with zero attached hydrogens (tertiary/aromatic N) is 4. The molecule has 0 bridgehead atoms. The van der Waals surface area contributed by atoms with E-state index in [1.54, 1.807) is 0 Å². The van der Waals surface area contributed by atoms with Gasteiger partial charge in [-0.25, -0.2) is 4.98 Å². The maximum Gasteiger partial charge on any atom is 0.126 e. The van der Waals surface area contributed by atoms with Crippen LogP contribution in [0.1, 0.15) is 55.4 Å². The minimum absolute atomic E-state index is 0.454. The van der Waals surface area contributed by atoms with Crippen molar-refractivity contribution in [1.82, 2.24) is 4.98 Å². The number of pyridine rings is 1. The number of nitriles is 2. The van der Waals surface area contributed by atoms with Crippen LogP contribution in [-0.4, -0.2) is 24.1 Å². The van der Waals surface area contributed by atoms with E-state index >= 15 is 0 Å². The highest BCUT2D eigenvalue weighted by Gasteiger charge is 2.30. The van der Waals surface area contributed by atoms with E-state index in [4.69, 9.17) is 10.5 Å². The van der Waals surface area contributed by atoms with E-state index in [-0.39, 0.29) is 0 Å². The number of nitrogens with one attached hydrogen (secondary N) is 1. The highest BCUT2D eigenvalue weighted by Crippen LogP contribution is 2.36. The summed E-state index contributed by atoms with van der Waals surface area (Å²) in [6.07, 6.45) is 10.7. The lowest BCUT2D eigenvalue weighted by Gasteiger charge is -2.39. The Morgan fingerprint density at radius 3 is 2.63 bits per heavy atom. The number of anilines is 2. The molecule has 1 saturated heterocycles. The second-order valence-corrected chi connectivity index (χ2v) is 10.9. The van der Waals surface area contributed by atoms with Gasteiger partial charge in [0, 0.05) is 35.9 Å². The Hall–Kier alpha value is -3.35. The molecule has 1 saturated carbocycles. The Labute approximate surface area is 212 Å². The summed E-state index contributed by atoms with van der Waals surface area (Å²) in [5.41, 5.74) is 3.08. The Morgan fingerprint density at radius 2 is 1.83 bits per heavy atom. The van der Waals surface area contributed by atoms with Gasteiger partial charge in [0.2, 0.25) is 0 Å². The molecule has 0 radical (unpaired) electrons. The summed E-state index contributed by atoms with van der Waals surface area (Å²) in [6.45, 7) is 2.20. The SMILES string of the molecule is N#Cc1ccc(N2CCC[C@H](C[C@@H]3CCCC[C@H]3Nc3cc(-c4ccc(C#N)s4)ccn3)C2)cc1. The zero-order chi connectivity index (χ0) is 24.0. The second-order valence-electron chi connectivity index (χ2n) is 9.85. The Kier molecular flexibility index (Phi) is 7.31. The summed E-state index contributed by atoms with van der Waals surface area (Å²) in [5.74, 6) is 2.29. The maximum atomic E-state index is 9.16. The van der Waals surface area contributed by atoms with Crippen molar-refractivity contribution in [3.8, 4) is 22.6 Å². The molecule has 178 valence electrons. The van der Waals surface area contributed by atoms with Gasteiger partial charge < -0.3 is 10.2 Å². The fraction of sp³-hybridized carbons (Fsp3) is 0.414. The van der Waals surface area contributed by atoms with Crippen LogP contribution in [-0.2, 0) is 0 Å². The Balaban J connectivity index is 1.24. The molecule has 6 heteroatoms. The molecular formula is C29H31N5S. The normalized spacial score (nSPS) is 22.2. The van der Waals surface area contributed by atoms with Crippen molar-refractivity contribution in [2.24, 2.45) is 11.8 Å². The smallest absolute Gasteiger partial charge is 0.126 e. The lowest BCUT2D eigenvalue weighted by Crippen LogP contribution is -2.39. The van der Waals surface area contributed by atoms with E-state index in [0.29, 0.717) is 17.9 Å². The predicted molar refractivity (Wildman–Crippen MR) is 142 cm³/mol. The Bertz CT molecular complexity index is 1220. The van der Waals surface area contributed by atoms with Crippen molar-refractivity contribution in [2.75, 3.05) is 23.3 Å². The van der Waals surface area contributed by atoms with E-state index in [1.165, 1.54) is 62.0 Å². The van der Waals surface area contributed by atoms with Crippen LogP contribution in [0.25, 0.3) is 10.4 Å². The topological polar surface area (TPSA) is 75.7 Å². The van der Waals surface area contributed by atoms with Crippen molar-refractivity contribution in [3.63, 3.8) is 0 Å². The third-order valence-electron chi connectivity index (χ3n) is 7.52. The monoisotopic (exact) mass is 481 g/mol. The molecule has 5 rings (SSSR count). The third kappa shape index (κ3) is 5.66. The van der Waals surface area contributed by atoms with Crippen LogP contribution in [0, 0.1) is 34.5 Å². The minimum Gasteiger partial charge on any atom is -0.371 e. The van der Waals surface area contributed by atoms with Crippen molar-refractivity contribution in [1.29, 1.82) is 10.5 Å². The molecule has 2 aromatic heterocycles. The fourth-order valence-electron chi connectivity index (χ4n) is 5.75. The molecule has 1 aliphatic heterocycles. The van der Waals surface area contributed by atoms with Gasteiger partial charge in [0.1, 0.15) is 16.8 Å². The number of aromatic nitrogens is 1. The quantitative estimate of drug-likeness (QED) is 0.417. The predicted octanol–water partition coefficient (Wildman–Crippen LogP) is 6.83. The van der Waals surface area contributed by atoms with Crippen LogP contribution >= 0.6 is 11.3 Å². The number of hydrogen-bond donors (Lipinski definition) is 1. The van der Waals surface area contributed by atoms with Crippen LogP contribution < -0.4 is 10.2 Å². The molecule has 2 aliphatic rings. The number of thiophene rings is 1. The van der Waals surface area contributed by atoms with E-state index < -0.39 is 0 Å². The van der Waals surface area contributed by atoms with Crippen LogP contribution in [0.4, 0.5) is 11.5 Å². The first-order chi connectivity index (χ1) is 17.2. The molecule has 1 N–H and O–H groups in total. The van der Waals surface area contributed by atoms with E-state index in [9.17, 15) is 0 Å². The first kappa shape index (κ1) is 23.4. The number of hydrogen-bond acceptors (Lipinski definition) is 6. The van der Waals surface area contributed by atoms with Crippen LogP contribution in [0.5, 0.6) is 0 Å². The summed E-state index contributed by atoms with van der Waals surface area (Å²) in [4.78, 5) is 8.98. The molecule has 3 heterocycles. The lowest BCUT2D eigenvalue weighted by molar-refractivity contribution is 0.247. The van der Waals surface area contributed by atoms with Gasteiger partial charge in [-0.3, -0.25) is 0 Å². The highest BCUT2D eigenvalue weighted by molar-refractivity contribution is 7.16. The highest BCUT2D eigenvalue weighted by atomic mass is 32.1. The summed E-state index contributed by atoms with van der Waals surface area (Å²) in [7, 11) is 0. The van der Waals surface area contributed by atoms with Gasteiger partial charge >= 0.3 is 0 Å². The summed E-state index contributed by atoms with van der Waals surface area (Å²) >= 11 is 1.53. The molecule has 0 spiro atoms. The van der Waals surface area contributed by atoms with Crippen LogP contribution in [0.2, 0.25) is 0 Å². The number of rotatable bonds is 6. The third-order valence-corrected chi connectivity index (χ3v) is 8.56. The van der Waals surface area contributed by atoms with Gasteiger partial charge in [-0.1, -0.05) is 12.8 Å². The van der Waals surface area contributed by atoms with Gasteiger partial charge in [0.05, 0.1) is 11.6 Å². The largest absolute Gasteiger partial charge is 0.371 e. The standard InChI is InChI=1S/C29H31N5S/c30-18-21-7-9-25(10-8-21)34-15-3-4-22(20-34)16-23-5-1-2-6-27(23)33-29-17-24(13-14-32-29)28-12-11-26(19-31)35-28/h7-14,17,22-23,27H,1-6,15-16,20H2,(H,32,33)/t22-,23+,27-/m1/s1. The van der Waals surface area contributed by atoms with Crippen molar-refractivity contribution in [3.05, 3.63) is 65.2 Å². The first-order valence-corrected chi connectivity index (χ1v) is 13.5. The number of piperidine rings is 1. The molecule has 3 atom stereocenters. The van der Waals surface area contributed by atoms with E-state index in [0.717, 1.165) is 39.8 Å². The molecule has 2 fully saturated rings. The van der Waals surface area contributed by atoms with Crippen molar-refractivity contribution < 1.29 is 0 Å². The number of benzene rings is 1. The van der Waals surface area contributed by atoms with E-state index in [1.807, 2.05) is 36.5 Å². The molecule has 35 heavy (non-hydrogen) atoms. The Morgan fingerprint density at radius 1 is 0.971 bits per heavy atom. The summed E-state index contributed by atoms with van der Waals surface area (Å²) in [6, 6.07) is 21.0. The maximum absolute atomic E-state index is 9.16. The van der Waals surface area contributed by atoms with Crippen LogP contribution in [0.15, 0.2) is 54.7 Å². The average molecular weight is 482 g/mol. The molecule has 0 unspecified atom stereocenters. The molecular weight excluding hydrogens is 450 g/mol. The lowest BCUT2D eigenvalue weighted by atomic mass is 9.77. The molecule has 1 aliphatic carbocycles. The van der Waals surface area contributed by atoms with E-state index in [2.05, 4.69) is 45.5 Å². The zero-order valence-electron chi connectivity index (χ0n) is 20.0. The van der Waals surface area contributed by atoms with Crippen molar-refractivity contribution in [2.45, 2.75) is 51.0 Å².